The maximum atomic E-state index is 5.26. The minimum Gasteiger partial charge on any atom is -0.447 e. The van der Waals surface area contributed by atoms with Gasteiger partial charge in [0, 0.05) is 0 Å². The minimum atomic E-state index is -0.337. The summed E-state index contributed by atoms with van der Waals surface area (Å²) >= 11 is 0. The van der Waals surface area contributed by atoms with Gasteiger partial charge in [-0.2, -0.15) is 0 Å². The van der Waals surface area contributed by atoms with Crippen molar-refractivity contribution >= 4 is 0 Å². The summed E-state index contributed by atoms with van der Waals surface area (Å²) in [5.41, 5.74) is -0.337. The van der Waals surface area contributed by atoms with Crippen molar-refractivity contribution in [1.82, 2.24) is 4.98 Å². The zero-order valence-electron chi connectivity index (χ0n) is 6.09. The van der Waals surface area contributed by atoms with E-state index in [-0.39, 0.29) is 5.41 Å². The van der Waals surface area contributed by atoms with Crippen molar-refractivity contribution in [2.45, 2.75) is 19.3 Å². The third kappa shape index (κ3) is 1.03. The highest BCUT2D eigenvalue weighted by Crippen LogP contribution is 2.20. The first-order valence-electron chi connectivity index (χ1n) is 3.03. The van der Waals surface area contributed by atoms with Gasteiger partial charge in [-0.3, -0.25) is 0 Å². The van der Waals surface area contributed by atoms with E-state index < -0.39 is 0 Å². The maximum absolute atomic E-state index is 5.26. The van der Waals surface area contributed by atoms with E-state index in [1.165, 1.54) is 6.39 Å². The summed E-state index contributed by atoms with van der Waals surface area (Å²) in [4.78, 5) is 3.77. The Morgan fingerprint density at radius 2 is 2.40 bits per heavy atom. The van der Waals surface area contributed by atoms with E-state index in [1.54, 1.807) is 6.20 Å². The highest BCUT2D eigenvalue weighted by molar-refractivity contribution is 5.20. The lowest BCUT2D eigenvalue weighted by Gasteiger charge is -2.11. The molecule has 0 N–H and O–H groups in total. The van der Waals surface area contributed by atoms with E-state index in [1.807, 2.05) is 13.8 Å². The fourth-order valence-corrected chi connectivity index (χ4v) is 0.596. The molecule has 0 saturated heterocycles. The predicted molar refractivity (Wildman–Crippen MR) is 38.4 cm³/mol. The van der Waals surface area contributed by atoms with Crippen LogP contribution in [0.4, 0.5) is 0 Å². The van der Waals surface area contributed by atoms with Crippen LogP contribution in [-0.2, 0) is 5.41 Å². The molecule has 1 rings (SSSR count). The van der Waals surface area contributed by atoms with Gasteiger partial charge in [-0.25, -0.2) is 4.98 Å². The SMILES string of the molecule is C#CC(C)(C)c1cnco1. The van der Waals surface area contributed by atoms with Crippen molar-refractivity contribution in [3.8, 4) is 12.3 Å². The zero-order valence-corrected chi connectivity index (χ0v) is 6.09. The van der Waals surface area contributed by atoms with Gasteiger partial charge in [0.05, 0.1) is 11.6 Å². The number of oxazole rings is 1. The van der Waals surface area contributed by atoms with Gasteiger partial charge in [-0.15, -0.1) is 6.42 Å². The van der Waals surface area contributed by atoms with E-state index in [0.717, 1.165) is 5.76 Å². The summed E-state index contributed by atoms with van der Waals surface area (Å²) in [6.07, 6.45) is 8.28. The fourth-order valence-electron chi connectivity index (χ4n) is 0.596. The standard InChI is InChI=1S/C8H9NO/c1-4-8(2,3)7-5-9-6-10-7/h1,5-6H,2-3H3. The number of rotatable bonds is 1. The third-order valence-electron chi connectivity index (χ3n) is 1.41. The summed E-state index contributed by atoms with van der Waals surface area (Å²) in [7, 11) is 0. The quantitative estimate of drug-likeness (QED) is 0.546. The van der Waals surface area contributed by atoms with Gasteiger partial charge in [0.2, 0.25) is 0 Å². The average Bonchev–Trinajstić information content (AvgIpc) is 2.38. The van der Waals surface area contributed by atoms with Gasteiger partial charge in [0.25, 0.3) is 0 Å². The van der Waals surface area contributed by atoms with Gasteiger partial charge in [0.15, 0.2) is 6.39 Å². The number of terminal acetylenes is 1. The molecule has 2 heteroatoms. The van der Waals surface area contributed by atoms with Gasteiger partial charge < -0.3 is 4.42 Å². The highest BCUT2D eigenvalue weighted by Gasteiger charge is 2.20. The molecule has 52 valence electrons. The molecule has 1 aromatic rings. The molecule has 0 bridgehead atoms. The predicted octanol–water partition coefficient (Wildman–Crippen LogP) is 1.59. The zero-order chi connectivity index (χ0) is 7.61. The monoisotopic (exact) mass is 135 g/mol. The molecule has 0 unspecified atom stereocenters. The van der Waals surface area contributed by atoms with Gasteiger partial charge in [-0.05, 0) is 13.8 Å². The fraction of sp³-hybridized carbons (Fsp3) is 0.375. The van der Waals surface area contributed by atoms with Gasteiger partial charge in [-0.1, -0.05) is 5.92 Å². The van der Waals surface area contributed by atoms with Crippen LogP contribution in [0.5, 0.6) is 0 Å². The van der Waals surface area contributed by atoms with E-state index in [2.05, 4.69) is 10.9 Å². The van der Waals surface area contributed by atoms with E-state index >= 15 is 0 Å². The maximum Gasteiger partial charge on any atom is 0.180 e. The summed E-state index contributed by atoms with van der Waals surface area (Å²) in [5, 5.41) is 0. The summed E-state index contributed by atoms with van der Waals surface area (Å²) in [6, 6.07) is 0. The average molecular weight is 135 g/mol. The Hall–Kier alpha value is -1.23. The number of hydrogen-bond acceptors (Lipinski definition) is 2. The molecule has 0 aliphatic carbocycles. The van der Waals surface area contributed by atoms with Crippen molar-refractivity contribution in [1.29, 1.82) is 0 Å². The lowest BCUT2D eigenvalue weighted by atomic mass is 9.92. The van der Waals surface area contributed by atoms with Crippen LogP contribution in [-0.4, -0.2) is 4.98 Å². The second kappa shape index (κ2) is 2.18. The van der Waals surface area contributed by atoms with E-state index in [0.29, 0.717) is 0 Å². The highest BCUT2D eigenvalue weighted by atomic mass is 16.3. The molecule has 0 aliphatic rings. The molecule has 0 fully saturated rings. The molecule has 1 heterocycles. The smallest absolute Gasteiger partial charge is 0.180 e. The van der Waals surface area contributed by atoms with Crippen LogP contribution in [0.2, 0.25) is 0 Å². The number of nitrogens with zero attached hydrogens (tertiary/aromatic N) is 1. The topological polar surface area (TPSA) is 26.0 Å². The third-order valence-corrected chi connectivity index (χ3v) is 1.41. The van der Waals surface area contributed by atoms with Crippen LogP contribution in [0, 0.1) is 12.3 Å². The van der Waals surface area contributed by atoms with Crippen molar-refractivity contribution in [2.75, 3.05) is 0 Å². The lowest BCUT2D eigenvalue weighted by molar-refractivity contribution is 0.443. The number of hydrogen-bond donors (Lipinski definition) is 0. The molecule has 0 spiro atoms. The van der Waals surface area contributed by atoms with Gasteiger partial charge in [0.1, 0.15) is 5.76 Å². The molecule has 1 aromatic heterocycles. The summed E-state index contributed by atoms with van der Waals surface area (Å²) < 4.78 is 5.04. The molecular formula is C8H9NO. The van der Waals surface area contributed by atoms with Crippen LogP contribution in [0.25, 0.3) is 0 Å². The van der Waals surface area contributed by atoms with Crippen molar-refractivity contribution in [2.24, 2.45) is 0 Å². The Kier molecular flexibility index (Phi) is 1.50. The van der Waals surface area contributed by atoms with Crippen molar-refractivity contribution in [3.63, 3.8) is 0 Å². The Labute approximate surface area is 60.3 Å². The Bertz CT molecular complexity index is 241. The van der Waals surface area contributed by atoms with Crippen LogP contribution < -0.4 is 0 Å². The van der Waals surface area contributed by atoms with Gasteiger partial charge >= 0.3 is 0 Å². The molecule has 0 aromatic carbocycles. The second-order valence-electron chi connectivity index (χ2n) is 2.64. The second-order valence-corrected chi connectivity index (χ2v) is 2.64. The molecule has 0 amide bonds. The van der Waals surface area contributed by atoms with Crippen molar-refractivity contribution in [3.05, 3.63) is 18.4 Å². The molecule has 10 heavy (non-hydrogen) atoms. The summed E-state index contributed by atoms with van der Waals surface area (Å²) in [6.45, 7) is 3.82. The minimum absolute atomic E-state index is 0.337. The van der Waals surface area contributed by atoms with E-state index in [9.17, 15) is 0 Å². The van der Waals surface area contributed by atoms with E-state index in [4.69, 9.17) is 10.8 Å². The lowest BCUT2D eigenvalue weighted by Crippen LogP contribution is -2.12. The molecule has 0 saturated carbocycles. The van der Waals surface area contributed by atoms with Crippen LogP contribution in [0.3, 0.4) is 0 Å². The first kappa shape index (κ1) is 6.88. The van der Waals surface area contributed by atoms with Crippen molar-refractivity contribution < 1.29 is 4.42 Å². The molecular weight excluding hydrogens is 126 g/mol. The summed E-state index contributed by atoms with van der Waals surface area (Å²) in [5.74, 6) is 3.34. The first-order chi connectivity index (χ1) is 4.67. The first-order valence-corrected chi connectivity index (χ1v) is 3.03. The largest absolute Gasteiger partial charge is 0.447 e. The Morgan fingerprint density at radius 1 is 1.70 bits per heavy atom. The van der Waals surface area contributed by atoms with Crippen LogP contribution >= 0.6 is 0 Å². The normalized spacial score (nSPS) is 10.9. The molecule has 0 radical (unpaired) electrons. The number of aromatic nitrogens is 1. The Morgan fingerprint density at radius 3 is 2.80 bits per heavy atom. The van der Waals surface area contributed by atoms with Crippen LogP contribution in [0.15, 0.2) is 17.0 Å². The molecule has 2 nitrogen and oxygen atoms in total. The molecule has 0 aliphatic heterocycles. The molecule has 0 atom stereocenters. The van der Waals surface area contributed by atoms with Crippen LogP contribution in [0.1, 0.15) is 19.6 Å². The Balaban J connectivity index is 2.99.